The molecule has 0 radical (unpaired) electrons. The van der Waals surface area contributed by atoms with E-state index in [1.807, 2.05) is 51.1 Å². The molecule has 4 atom stereocenters. The molecule has 1 N–H and O–H groups in total. The molecule has 0 aliphatic heterocycles. The maximum Gasteiger partial charge on any atom is 0.322 e. The smallest absolute Gasteiger partial charge is 0.322 e. The van der Waals surface area contributed by atoms with Crippen molar-refractivity contribution in [2.45, 2.75) is 65.8 Å². The Kier molecular flexibility index (Phi) is 7.47. The van der Waals surface area contributed by atoms with Crippen molar-refractivity contribution in [2.24, 2.45) is 17.3 Å². The van der Waals surface area contributed by atoms with Gasteiger partial charge in [-0.1, -0.05) is 37.1 Å². The number of carbonyl (C=O) groups is 1. The molecule has 0 spiro atoms. The van der Waals surface area contributed by atoms with Gasteiger partial charge in [0.15, 0.2) is 0 Å². The highest BCUT2D eigenvalue weighted by molar-refractivity contribution is 5.84. The van der Waals surface area contributed by atoms with Crippen LogP contribution in [0.15, 0.2) is 48.3 Å². The Morgan fingerprint density at radius 3 is 2.61 bits per heavy atom. The van der Waals surface area contributed by atoms with E-state index in [1.165, 1.54) is 10.6 Å². The number of carbonyl (C=O) groups excluding carboxylic acids is 1. The number of fused-ring (bicyclic) bond motifs is 1. The van der Waals surface area contributed by atoms with Gasteiger partial charge in [-0.15, -0.1) is 6.58 Å². The second-order valence-corrected chi connectivity index (χ2v) is 8.87. The first-order chi connectivity index (χ1) is 14.9. The zero-order valence-electron chi connectivity index (χ0n) is 19.4. The fourth-order valence-electron chi connectivity index (χ4n) is 5.40. The Labute approximate surface area is 186 Å². The van der Waals surface area contributed by atoms with Crippen molar-refractivity contribution in [1.29, 1.82) is 0 Å². The highest BCUT2D eigenvalue weighted by atomic mass is 16.5. The van der Waals surface area contributed by atoms with Gasteiger partial charge in [-0.05, 0) is 70.1 Å². The lowest BCUT2D eigenvalue weighted by atomic mass is 9.71. The van der Waals surface area contributed by atoms with E-state index >= 15 is 0 Å². The number of allylic oxidation sites excluding steroid dienone is 1. The summed E-state index contributed by atoms with van der Waals surface area (Å²) in [6.45, 7) is 12.5. The third-order valence-electron chi connectivity index (χ3n) is 6.78. The highest BCUT2D eigenvalue weighted by Crippen LogP contribution is 2.57. The van der Waals surface area contributed by atoms with Crippen LogP contribution in [0.25, 0.3) is 0 Å². The van der Waals surface area contributed by atoms with Crippen molar-refractivity contribution in [3.63, 3.8) is 0 Å². The van der Waals surface area contributed by atoms with Crippen molar-refractivity contribution in [2.75, 3.05) is 18.3 Å². The largest absolute Gasteiger partial charge is 0.497 e. The van der Waals surface area contributed by atoms with Gasteiger partial charge in [0, 0.05) is 5.92 Å². The molecule has 5 nitrogen and oxygen atoms in total. The minimum atomic E-state index is -1.08. The van der Waals surface area contributed by atoms with Crippen molar-refractivity contribution >= 4 is 11.7 Å². The summed E-state index contributed by atoms with van der Waals surface area (Å²) in [5.41, 5.74) is 1.89. The molecule has 2 aliphatic rings. The lowest BCUT2D eigenvalue weighted by Gasteiger charge is -2.42. The van der Waals surface area contributed by atoms with Crippen molar-refractivity contribution in [3.05, 3.63) is 53.8 Å². The minimum absolute atomic E-state index is 0.0445. The third-order valence-corrected chi connectivity index (χ3v) is 6.78. The molecule has 5 heteroatoms. The number of nitrogens with zero attached hydrogens (tertiary/aromatic N) is 1. The predicted octanol–water partition coefficient (Wildman–Crippen LogP) is 5.82. The van der Waals surface area contributed by atoms with Crippen LogP contribution in [0.4, 0.5) is 5.69 Å². The average Bonchev–Trinajstić information content (AvgIpc) is 3.04. The zero-order chi connectivity index (χ0) is 22.6. The lowest BCUT2D eigenvalue weighted by molar-refractivity contribution is -0.159. The minimum Gasteiger partial charge on any atom is -0.497 e. The summed E-state index contributed by atoms with van der Waals surface area (Å²) in [6, 6.07) is 7.29. The van der Waals surface area contributed by atoms with Crippen LogP contribution in [0.2, 0.25) is 0 Å². The van der Waals surface area contributed by atoms with Crippen LogP contribution < -0.4 is 5.06 Å². The Bertz CT molecular complexity index is 815. The summed E-state index contributed by atoms with van der Waals surface area (Å²) in [6.07, 6.45) is 6.30. The Morgan fingerprint density at radius 2 is 2.00 bits per heavy atom. The highest BCUT2D eigenvalue weighted by Gasteiger charge is 2.63. The van der Waals surface area contributed by atoms with Gasteiger partial charge in [0.2, 0.25) is 0 Å². The Hall–Kier alpha value is -2.27. The summed E-state index contributed by atoms with van der Waals surface area (Å²) in [5.74, 6) is 0.505. The molecule has 0 saturated heterocycles. The number of benzene rings is 1. The average molecular weight is 428 g/mol. The number of aryl methyl sites for hydroxylation is 1. The van der Waals surface area contributed by atoms with Gasteiger partial charge in [-0.25, -0.2) is 0 Å². The van der Waals surface area contributed by atoms with E-state index < -0.39 is 11.5 Å². The number of hydrogen-bond donors (Lipinski definition) is 1. The molecule has 170 valence electrons. The van der Waals surface area contributed by atoms with Crippen molar-refractivity contribution in [1.82, 2.24) is 0 Å². The standard InChI is InChI=1S/C26H37NO4/c1-6-18(4)17-26(25(28)31-8-3)23(27(29)20-15-13-19(5)14-16-20)21-11-9-10-12-22(21)24(26)30-7-2/h6,13-16,18,21,23,29H,1,7-12,17H2,2-5H3. The first-order valence-corrected chi connectivity index (χ1v) is 11.6. The van der Waals surface area contributed by atoms with E-state index in [0.29, 0.717) is 18.7 Å². The van der Waals surface area contributed by atoms with Crippen molar-refractivity contribution in [3.8, 4) is 0 Å². The fourth-order valence-corrected chi connectivity index (χ4v) is 5.40. The Balaban J connectivity index is 2.21. The molecule has 3 rings (SSSR count). The van der Waals surface area contributed by atoms with Gasteiger partial charge in [-0.3, -0.25) is 15.1 Å². The van der Waals surface area contributed by atoms with E-state index in [0.717, 1.165) is 37.0 Å². The van der Waals surface area contributed by atoms with E-state index in [9.17, 15) is 10.0 Å². The molecular weight excluding hydrogens is 390 g/mol. The van der Waals surface area contributed by atoms with Crippen LogP contribution in [0.5, 0.6) is 0 Å². The van der Waals surface area contributed by atoms with Crippen LogP contribution in [0.1, 0.15) is 58.4 Å². The summed E-state index contributed by atoms with van der Waals surface area (Å²) in [5, 5.41) is 12.9. The molecule has 4 unspecified atom stereocenters. The topological polar surface area (TPSA) is 59.0 Å². The molecule has 1 aromatic carbocycles. The molecule has 0 heterocycles. The number of ether oxygens (including phenoxy) is 2. The van der Waals surface area contributed by atoms with Gasteiger partial charge in [0.1, 0.15) is 11.2 Å². The summed E-state index contributed by atoms with van der Waals surface area (Å²) in [7, 11) is 0. The van der Waals surface area contributed by atoms with Gasteiger partial charge in [0.25, 0.3) is 0 Å². The number of rotatable bonds is 9. The van der Waals surface area contributed by atoms with Crippen LogP contribution in [0, 0.1) is 24.2 Å². The number of anilines is 1. The van der Waals surface area contributed by atoms with E-state index in [-0.39, 0.29) is 24.4 Å². The normalized spacial score (nSPS) is 26.2. The molecule has 0 bridgehead atoms. The molecular formula is C26H37NO4. The van der Waals surface area contributed by atoms with E-state index in [2.05, 4.69) is 13.5 Å². The number of hydroxylamine groups is 1. The molecule has 2 aliphatic carbocycles. The van der Waals surface area contributed by atoms with Gasteiger partial charge in [0.05, 0.1) is 24.9 Å². The maximum absolute atomic E-state index is 13.7. The lowest BCUT2D eigenvalue weighted by Crippen LogP contribution is -2.54. The van der Waals surface area contributed by atoms with E-state index in [4.69, 9.17) is 9.47 Å². The summed E-state index contributed by atoms with van der Waals surface area (Å²) < 4.78 is 11.9. The van der Waals surface area contributed by atoms with E-state index in [1.54, 1.807) is 0 Å². The fraction of sp³-hybridized carbons (Fsp3) is 0.577. The second-order valence-electron chi connectivity index (χ2n) is 8.87. The third kappa shape index (κ3) is 4.25. The predicted molar refractivity (Wildman–Crippen MR) is 123 cm³/mol. The van der Waals surface area contributed by atoms with Gasteiger partial charge < -0.3 is 9.47 Å². The SMILES string of the molecule is C=CC(C)CC1(C(=O)OCC)C(OCC)=C2CCCCC2C1N(O)c1ccc(C)cc1. The molecule has 1 saturated carbocycles. The maximum atomic E-state index is 13.7. The summed E-state index contributed by atoms with van der Waals surface area (Å²) >= 11 is 0. The van der Waals surface area contributed by atoms with Crippen molar-refractivity contribution < 1.29 is 19.5 Å². The first-order valence-electron chi connectivity index (χ1n) is 11.6. The summed E-state index contributed by atoms with van der Waals surface area (Å²) in [4.78, 5) is 13.7. The second kappa shape index (κ2) is 9.90. The molecule has 1 fully saturated rings. The molecule has 31 heavy (non-hydrogen) atoms. The van der Waals surface area contributed by atoms with Gasteiger partial charge >= 0.3 is 5.97 Å². The van der Waals surface area contributed by atoms with Gasteiger partial charge in [-0.2, -0.15) is 0 Å². The Morgan fingerprint density at radius 1 is 1.29 bits per heavy atom. The number of esters is 1. The quantitative estimate of drug-likeness (QED) is 0.306. The zero-order valence-corrected chi connectivity index (χ0v) is 19.4. The molecule has 1 aromatic rings. The molecule has 0 aromatic heterocycles. The van der Waals surface area contributed by atoms with Crippen LogP contribution in [-0.2, 0) is 14.3 Å². The van der Waals surface area contributed by atoms with Crippen LogP contribution >= 0.6 is 0 Å². The monoisotopic (exact) mass is 427 g/mol. The first kappa shape index (κ1) is 23.4. The number of hydrogen-bond acceptors (Lipinski definition) is 5. The molecule has 0 amide bonds. The van der Waals surface area contributed by atoms with Crippen LogP contribution in [-0.4, -0.2) is 30.4 Å². The van der Waals surface area contributed by atoms with Crippen LogP contribution in [0.3, 0.4) is 0 Å².